The number of rotatable bonds is 4. The fraction of sp³-hybridized carbons (Fsp3) is 0.500. The molecule has 3 rings (SSSR count). The van der Waals surface area contributed by atoms with Gasteiger partial charge in [-0.3, -0.25) is 4.79 Å². The normalized spacial score (nSPS) is 21.1. The lowest BCUT2D eigenvalue weighted by molar-refractivity contribution is -0.153. The molecule has 9 heteroatoms. The molecular formula is C16H17F3N4O2. The number of alkyl halides is 3. The van der Waals surface area contributed by atoms with Crippen LogP contribution in [0, 0.1) is 5.92 Å². The van der Waals surface area contributed by atoms with Gasteiger partial charge in [0.1, 0.15) is 6.61 Å². The van der Waals surface area contributed by atoms with Gasteiger partial charge in [-0.05, 0) is 41.7 Å². The van der Waals surface area contributed by atoms with Crippen LogP contribution in [0.2, 0.25) is 0 Å². The van der Waals surface area contributed by atoms with Crippen LogP contribution in [0.1, 0.15) is 43.1 Å². The second kappa shape index (κ2) is 7.20. The van der Waals surface area contributed by atoms with Crippen molar-refractivity contribution < 1.29 is 22.7 Å². The average Bonchev–Trinajstić information content (AvgIpc) is 3.11. The Morgan fingerprint density at radius 3 is 2.48 bits per heavy atom. The summed E-state index contributed by atoms with van der Waals surface area (Å²) in [6, 6.07) is 8.87. The van der Waals surface area contributed by atoms with Crippen molar-refractivity contribution in [2.75, 3.05) is 0 Å². The molecule has 0 aliphatic heterocycles. The monoisotopic (exact) mass is 354 g/mol. The van der Waals surface area contributed by atoms with Crippen LogP contribution < -0.4 is 0 Å². The van der Waals surface area contributed by atoms with Crippen LogP contribution in [-0.2, 0) is 22.3 Å². The number of ether oxygens (including phenoxy) is 1. The van der Waals surface area contributed by atoms with Crippen molar-refractivity contribution in [2.45, 2.75) is 44.5 Å². The SMILES string of the molecule is O=C(OCc1ccccc1)[C@H]1CC[C@H](n2nnnc2C(F)(F)F)CC1. The van der Waals surface area contributed by atoms with Crippen molar-refractivity contribution in [3.8, 4) is 0 Å². The molecule has 25 heavy (non-hydrogen) atoms. The predicted molar refractivity (Wildman–Crippen MR) is 80.1 cm³/mol. The van der Waals surface area contributed by atoms with Crippen molar-refractivity contribution in [1.82, 2.24) is 20.2 Å². The van der Waals surface area contributed by atoms with Crippen LogP contribution in [0.15, 0.2) is 30.3 Å². The van der Waals surface area contributed by atoms with Crippen molar-refractivity contribution in [3.05, 3.63) is 41.7 Å². The Kier molecular flexibility index (Phi) is 5.00. The summed E-state index contributed by atoms with van der Waals surface area (Å²) in [6.45, 7) is 0.199. The number of hydrogen-bond donors (Lipinski definition) is 0. The van der Waals surface area contributed by atoms with Gasteiger partial charge in [0.15, 0.2) is 0 Å². The summed E-state index contributed by atoms with van der Waals surface area (Å²) in [6.07, 6.45) is -2.88. The first kappa shape index (κ1) is 17.4. The van der Waals surface area contributed by atoms with Crippen LogP contribution in [0.4, 0.5) is 13.2 Å². The topological polar surface area (TPSA) is 69.9 Å². The maximum absolute atomic E-state index is 12.9. The molecule has 0 saturated heterocycles. The van der Waals surface area contributed by atoms with E-state index in [1.165, 1.54) is 0 Å². The molecule has 0 radical (unpaired) electrons. The molecule has 0 bridgehead atoms. The fourth-order valence-corrected chi connectivity index (χ4v) is 3.03. The molecule has 1 aromatic heterocycles. The number of nitrogens with zero attached hydrogens (tertiary/aromatic N) is 4. The van der Waals surface area contributed by atoms with Crippen LogP contribution >= 0.6 is 0 Å². The number of carbonyl (C=O) groups is 1. The van der Waals surface area contributed by atoms with Gasteiger partial charge in [0.05, 0.1) is 12.0 Å². The van der Waals surface area contributed by atoms with Gasteiger partial charge in [0.25, 0.3) is 5.82 Å². The first-order chi connectivity index (χ1) is 11.9. The van der Waals surface area contributed by atoms with E-state index in [0.717, 1.165) is 10.2 Å². The van der Waals surface area contributed by atoms with Crippen LogP contribution in [0.3, 0.4) is 0 Å². The summed E-state index contributed by atoms with van der Waals surface area (Å²) in [5.41, 5.74) is 0.896. The third-order valence-corrected chi connectivity index (χ3v) is 4.35. The molecule has 6 nitrogen and oxygen atoms in total. The average molecular weight is 354 g/mol. The molecule has 1 aliphatic rings. The van der Waals surface area contributed by atoms with Gasteiger partial charge in [-0.15, -0.1) is 5.10 Å². The molecule has 0 N–H and O–H groups in total. The summed E-state index contributed by atoms with van der Waals surface area (Å²) in [5, 5.41) is 9.67. The second-order valence-corrected chi connectivity index (χ2v) is 6.04. The lowest BCUT2D eigenvalue weighted by atomic mass is 9.86. The summed E-state index contributed by atoms with van der Waals surface area (Å²) >= 11 is 0. The number of aromatic nitrogens is 4. The number of halogens is 3. The van der Waals surface area contributed by atoms with Gasteiger partial charge >= 0.3 is 12.1 Å². The van der Waals surface area contributed by atoms with E-state index in [2.05, 4.69) is 15.5 Å². The number of hydrogen-bond acceptors (Lipinski definition) is 5. The standard InChI is InChI=1S/C16H17F3N4O2/c17-16(18,19)15-20-21-22-23(15)13-8-6-12(7-9-13)14(24)25-10-11-4-2-1-3-5-11/h1-5,12-13H,6-10H2/t12-,13-. The van der Waals surface area contributed by atoms with Gasteiger partial charge in [-0.1, -0.05) is 30.3 Å². The van der Waals surface area contributed by atoms with Crippen molar-refractivity contribution >= 4 is 5.97 Å². The molecule has 1 saturated carbocycles. The van der Waals surface area contributed by atoms with Crippen molar-refractivity contribution in [2.24, 2.45) is 5.92 Å². The van der Waals surface area contributed by atoms with Crippen molar-refractivity contribution in [3.63, 3.8) is 0 Å². The molecule has 0 spiro atoms. The van der Waals surface area contributed by atoms with E-state index in [0.29, 0.717) is 25.7 Å². The Morgan fingerprint density at radius 2 is 1.84 bits per heavy atom. The van der Waals surface area contributed by atoms with Crippen LogP contribution in [0.25, 0.3) is 0 Å². The maximum atomic E-state index is 12.9. The first-order valence-electron chi connectivity index (χ1n) is 8.01. The highest BCUT2D eigenvalue weighted by Gasteiger charge is 2.40. The Bertz CT molecular complexity index is 710. The predicted octanol–water partition coefficient (Wildman–Crippen LogP) is 3.17. The Hall–Kier alpha value is -2.45. The molecule has 2 aromatic rings. The minimum atomic E-state index is -4.59. The fourth-order valence-electron chi connectivity index (χ4n) is 3.03. The van der Waals surface area contributed by atoms with E-state index in [9.17, 15) is 18.0 Å². The van der Waals surface area contributed by atoms with E-state index < -0.39 is 18.0 Å². The number of carbonyl (C=O) groups excluding carboxylic acids is 1. The van der Waals surface area contributed by atoms with E-state index in [4.69, 9.17) is 4.74 Å². The van der Waals surface area contributed by atoms with E-state index in [1.807, 2.05) is 30.3 Å². The number of benzene rings is 1. The van der Waals surface area contributed by atoms with Gasteiger partial charge in [-0.25, -0.2) is 4.68 Å². The molecule has 134 valence electrons. The Morgan fingerprint density at radius 1 is 1.16 bits per heavy atom. The van der Waals surface area contributed by atoms with Gasteiger partial charge < -0.3 is 4.74 Å². The number of esters is 1. The third kappa shape index (κ3) is 4.15. The van der Waals surface area contributed by atoms with Gasteiger partial charge in [-0.2, -0.15) is 13.2 Å². The Labute approximate surface area is 142 Å². The summed E-state index contributed by atoms with van der Waals surface area (Å²) in [5.74, 6) is -1.71. The minimum absolute atomic E-state index is 0.199. The molecule has 1 aromatic carbocycles. The first-order valence-corrected chi connectivity index (χ1v) is 8.01. The zero-order chi connectivity index (χ0) is 17.9. The summed E-state index contributed by atoms with van der Waals surface area (Å²) in [4.78, 5) is 12.1. The highest BCUT2D eigenvalue weighted by atomic mass is 19.4. The van der Waals surface area contributed by atoms with Crippen LogP contribution in [0.5, 0.6) is 0 Å². The largest absolute Gasteiger partial charge is 0.461 e. The smallest absolute Gasteiger partial charge is 0.453 e. The van der Waals surface area contributed by atoms with E-state index in [-0.39, 0.29) is 18.5 Å². The van der Waals surface area contributed by atoms with Crippen LogP contribution in [-0.4, -0.2) is 26.2 Å². The molecule has 1 fully saturated rings. The van der Waals surface area contributed by atoms with Gasteiger partial charge in [0, 0.05) is 0 Å². The van der Waals surface area contributed by atoms with Crippen molar-refractivity contribution in [1.29, 1.82) is 0 Å². The minimum Gasteiger partial charge on any atom is -0.461 e. The molecule has 0 amide bonds. The highest BCUT2D eigenvalue weighted by Crippen LogP contribution is 2.36. The summed E-state index contributed by atoms with van der Waals surface area (Å²) in [7, 11) is 0. The molecular weight excluding hydrogens is 337 g/mol. The molecule has 0 unspecified atom stereocenters. The maximum Gasteiger partial charge on any atom is 0.453 e. The lowest BCUT2D eigenvalue weighted by Crippen LogP contribution is -2.28. The lowest BCUT2D eigenvalue weighted by Gasteiger charge is -2.27. The molecule has 1 heterocycles. The van der Waals surface area contributed by atoms with Gasteiger partial charge in [0.2, 0.25) is 0 Å². The molecule has 1 aliphatic carbocycles. The van der Waals surface area contributed by atoms with E-state index in [1.54, 1.807) is 0 Å². The molecule has 0 atom stereocenters. The van der Waals surface area contributed by atoms with E-state index >= 15 is 0 Å². The highest BCUT2D eigenvalue weighted by molar-refractivity contribution is 5.72. The number of tetrazole rings is 1. The second-order valence-electron chi connectivity index (χ2n) is 6.04. The summed E-state index contributed by atoms with van der Waals surface area (Å²) < 4.78 is 44.7. The zero-order valence-electron chi connectivity index (χ0n) is 13.3. The quantitative estimate of drug-likeness (QED) is 0.789. The third-order valence-electron chi connectivity index (χ3n) is 4.35. The Balaban J connectivity index is 1.53. The zero-order valence-corrected chi connectivity index (χ0v) is 13.3.